The van der Waals surface area contributed by atoms with Gasteiger partial charge in [-0.25, -0.2) is 4.79 Å². The minimum atomic E-state index is -1.00. The van der Waals surface area contributed by atoms with Crippen LogP contribution in [-0.4, -0.2) is 17.1 Å². The van der Waals surface area contributed by atoms with Gasteiger partial charge in [-0.3, -0.25) is 0 Å². The molecule has 2 N–H and O–H groups in total. The summed E-state index contributed by atoms with van der Waals surface area (Å²) in [7, 11) is 0. The molecule has 102 valence electrons. The standard InChI is InChI=1S/C14H23NO3/c1-3-5-7-12(6-4-2)15-10-11-8-9-18-13(11)14(16)17/h8-9,12,15H,3-7,10H2,1-2H3,(H,16,17). The molecule has 0 aliphatic rings. The fourth-order valence-corrected chi connectivity index (χ4v) is 2.06. The molecule has 0 saturated carbocycles. The Balaban J connectivity index is 2.49. The topological polar surface area (TPSA) is 62.5 Å². The molecule has 1 heterocycles. The quantitative estimate of drug-likeness (QED) is 0.707. The van der Waals surface area contributed by atoms with Gasteiger partial charge in [0.2, 0.25) is 5.76 Å². The first kappa shape index (κ1) is 14.8. The number of rotatable bonds is 9. The first-order chi connectivity index (χ1) is 8.69. The molecule has 0 aromatic carbocycles. The van der Waals surface area contributed by atoms with E-state index in [0.29, 0.717) is 12.6 Å². The fraction of sp³-hybridized carbons (Fsp3) is 0.643. The summed E-state index contributed by atoms with van der Waals surface area (Å²) in [6.07, 6.45) is 7.23. The van der Waals surface area contributed by atoms with Gasteiger partial charge in [0.1, 0.15) is 0 Å². The summed E-state index contributed by atoms with van der Waals surface area (Å²) in [6, 6.07) is 2.19. The van der Waals surface area contributed by atoms with Crippen LogP contribution in [0.2, 0.25) is 0 Å². The molecule has 4 nitrogen and oxygen atoms in total. The molecule has 1 aromatic heterocycles. The second kappa shape index (κ2) is 7.93. The molecule has 0 amide bonds. The van der Waals surface area contributed by atoms with Crippen molar-refractivity contribution in [1.82, 2.24) is 5.32 Å². The summed E-state index contributed by atoms with van der Waals surface area (Å²) in [6.45, 7) is 4.91. The van der Waals surface area contributed by atoms with Gasteiger partial charge < -0.3 is 14.8 Å². The van der Waals surface area contributed by atoms with Gasteiger partial charge in [0.25, 0.3) is 0 Å². The third kappa shape index (κ3) is 4.53. The number of furan rings is 1. The van der Waals surface area contributed by atoms with Crippen LogP contribution >= 0.6 is 0 Å². The van der Waals surface area contributed by atoms with E-state index in [4.69, 9.17) is 9.52 Å². The molecule has 0 fully saturated rings. The van der Waals surface area contributed by atoms with Crippen molar-refractivity contribution in [3.63, 3.8) is 0 Å². The van der Waals surface area contributed by atoms with Gasteiger partial charge in [-0.15, -0.1) is 0 Å². The lowest BCUT2D eigenvalue weighted by molar-refractivity contribution is 0.0660. The Bertz CT molecular complexity index is 360. The SMILES string of the molecule is CCCCC(CCC)NCc1ccoc1C(=O)O. The lowest BCUT2D eigenvalue weighted by Crippen LogP contribution is -2.28. The number of carbonyl (C=O) groups is 1. The molecule has 1 unspecified atom stereocenters. The van der Waals surface area contributed by atoms with Crippen molar-refractivity contribution in [1.29, 1.82) is 0 Å². The van der Waals surface area contributed by atoms with Gasteiger partial charge in [-0.05, 0) is 18.9 Å². The van der Waals surface area contributed by atoms with Crippen molar-refractivity contribution < 1.29 is 14.3 Å². The van der Waals surface area contributed by atoms with Crippen molar-refractivity contribution >= 4 is 5.97 Å². The Kier molecular flexibility index (Phi) is 6.50. The van der Waals surface area contributed by atoms with Gasteiger partial charge in [0.15, 0.2) is 0 Å². The molecule has 18 heavy (non-hydrogen) atoms. The van der Waals surface area contributed by atoms with E-state index in [2.05, 4.69) is 19.2 Å². The van der Waals surface area contributed by atoms with E-state index in [1.54, 1.807) is 6.07 Å². The smallest absolute Gasteiger partial charge is 0.372 e. The molecule has 0 radical (unpaired) electrons. The van der Waals surface area contributed by atoms with E-state index in [1.165, 1.54) is 19.1 Å². The van der Waals surface area contributed by atoms with E-state index < -0.39 is 5.97 Å². The Hall–Kier alpha value is -1.29. The molecule has 1 rings (SSSR count). The molecule has 1 aromatic rings. The summed E-state index contributed by atoms with van der Waals surface area (Å²) < 4.78 is 4.96. The summed E-state index contributed by atoms with van der Waals surface area (Å²) in [5.41, 5.74) is 0.722. The molecule has 0 bridgehead atoms. The zero-order valence-electron chi connectivity index (χ0n) is 11.2. The molecular formula is C14H23NO3. The van der Waals surface area contributed by atoms with Crippen molar-refractivity contribution in [2.75, 3.05) is 0 Å². The minimum Gasteiger partial charge on any atom is -0.475 e. The molecule has 1 atom stereocenters. The largest absolute Gasteiger partial charge is 0.475 e. The Morgan fingerprint density at radius 2 is 2.17 bits per heavy atom. The lowest BCUT2D eigenvalue weighted by atomic mass is 10.0. The van der Waals surface area contributed by atoms with E-state index >= 15 is 0 Å². The Morgan fingerprint density at radius 1 is 1.39 bits per heavy atom. The highest BCUT2D eigenvalue weighted by molar-refractivity contribution is 5.86. The van der Waals surface area contributed by atoms with E-state index in [-0.39, 0.29) is 5.76 Å². The molecular weight excluding hydrogens is 230 g/mol. The van der Waals surface area contributed by atoms with Crippen LogP contribution in [0.5, 0.6) is 0 Å². The Morgan fingerprint density at radius 3 is 2.78 bits per heavy atom. The monoisotopic (exact) mass is 253 g/mol. The maximum Gasteiger partial charge on any atom is 0.372 e. The number of hydrogen-bond acceptors (Lipinski definition) is 3. The van der Waals surface area contributed by atoms with Crippen molar-refractivity contribution in [3.05, 3.63) is 23.7 Å². The maximum absolute atomic E-state index is 10.9. The fourth-order valence-electron chi connectivity index (χ4n) is 2.06. The molecule has 0 aliphatic heterocycles. The predicted octanol–water partition coefficient (Wildman–Crippen LogP) is 3.43. The highest BCUT2D eigenvalue weighted by Crippen LogP contribution is 2.12. The van der Waals surface area contributed by atoms with E-state index in [9.17, 15) is 4.79 Å². The lowest BCUT2D eigenvalue weighted by Gasteiger charge is -2.17. The zero-order chi connectivity index (χ0) is 13.4. The number of carboxylic acids is 1. The number of unbranched alkanes of at least 4 members (excludes halogenated alkanes) is 1. The van der Waals surface area contributed by atoms with Crippen LogP contribution in [0.25, 0.3) is 0 Å². The molecule has 0 saturated heterocycles. The van der Waals surface area contributed by atoms with Crippen molar-refractivity contribution in [2.24, 2.45) is 0 Å². The Labute approximate surface area is 108 Å². The number of nitrogens with one attached hydrogen (secondary N) is 1. The summed E-state index contributed by atoms with van der Waals surface area (Å²) in [5, 5.41) is 12.4. The number of aromatic carboxylic acids is 1. The zero-order valence-corrected chi connectivity index (χ0v) is 11.2. The van der Waals surface area contributed by atoms with Gasteiger partial charge in [-0.2, -0.15) is 0 Å². The third-order valence-electron chi connectivity index (χ3n) is 3.07. The van der Waals surface area contributed by atoms with Gasteiger partial charge >= 0.3 is 5.97 Å². The summed E-state index contributed by atoms with van der Waals surface area (Å²) in [4.78, 5) is 10.9. The summed E-state index contributed by atoms with van der Waals surface area (Å²) >= 11 is 0. The summed E-state index contributed by atoms with van der Waals surface area (Å²) in [5.74, 6) is -0.953. The predicted molar refractivity (Wildman–Crippen MR) is 70.7 cm³/mol. The average Bonchev–Trinajstić information content (AvgIpc) is 2.81. The van der Waals surface area contributed by atoms with E-state index in [0.717, 1.165) is 24.8 Å². The highest BCUT2D eigenvalue weighted by atomic mass is 16.4. The highest BCUT2D eigenvalue weighted by Gasteiger charge is 2.15. The van der Waals surface area contributed by atoms with Gasteiger partial charge in [-0.1, -0.05) is 33.1 Å². The van der Waals surface area contributed by atoms with Crippen LogP contribution in [0.4, 0.5) is 0 Å². The first-order valence-corrected chi connectivity index (χ1v) is 6.72. The molecule has 0 aliphatic carbocycles. The number of hydrogen-bond donors (Lipinski definition) is 2. The maximum atomic E-state index is 10.9. The number of carboxylic acid groups (broad SMARTS) is 1. The van der Waals surface area contributed by atoms with Crippen molar-refractivity contribution in [3.8, 4) is 0 Å². The van der Waals surface area contributed by atoms with E-state index in [1.807, 2.05) is 0 Å². The van der Waals surface area contributed by atoms with Crippen molar-refractivity contribution in [2.45, 2.75) is 58.5 Å². The molecule has 4 heteroatoms. The van der Waals surface area contributed by atoms with Crippen LogP contribution in [0.15, 0.2) is 16.7 Å². The normalized spacial score (nSPS) is 12.6. The minimum absolute atomic E-state index is 0.0493. The third-order valence-corrected chi connectivity index (χ3v) is 3.07. The average molecular weight is 253 g/mol. The second-order valence-electron chi connectivity index (χ2n) is 4.59. The van der Waals surface area contributed by atoms with Gasteiger partial charge in [0, 0.05) is 18.2 Å². The van der Waals surface area contributed by atoms with Crippen LogP contribution in [-0.2, 0) is 6.54 Å². The first-order valence-electron chi connectivity index (χ1n) is 6.72. The van der Waals surface area contributed by atoms with Crippen LogP contribution in [0.3, 0.4) is 0 Å². The molecule has 0 spiro atoms. The van der Waals surface area contributed by atoms with Crippen LogP contribution in [0, 0.1) is 0 Å². The van der Waals surface area contributed by atoms with Crippen LogP contribution in [0.1, 0.15) is 62.1 Å². The van der Waals surface area contributed by atoms with Crippen LogP contribution < -0.4 is 5.32 Å². The van der Waals surface area contributed by atoms with Gasteiger partial charge in [0.05, 0.1) is 6.26 Å². The second-order valence-corrected chi connectivity index (χ2v) is 4.59.